The van der Waals surface area contributed by atoms with E-state index >= 15 is 0 Å². The van der Waals surface area contributed by atoms with E-state index in [0.717, 1.165) is 5.56 Å². The molecule has 0 aliphatic rings. The lowest BCUT2D eigenvalue weighted by molar-refractivity contribution is -0.389. The summed E-state index contributed by atoms with van der Waals surface area (Å²) in [7, 11) is 0. The molecule has 3 aromatic rings. The quantitative estimate of drug-likeness (QED) is 0.299. The number of aromatic nitrogens is 4. The molecule has 13 heteroatoms. The van der Waals surface area contributed by atoms with E-state index in [9.17, 15) is 19.7 Å². The molecule has 3 rings (SSSR count). The molecule has 2 aromatic heterocycles. The normalized spacial score (nSPS) is 10.7. The maximum absolute atomic E-state index is 12.1. The third kappa shape index (κ3) is 5.22. The van der Waals surface area contributed by atoms with Crippen molar-refractivity contribution in [1.82, 2.24) is 30.6 Å². The van der Waals surface area contributed by atoms with Crippen molar-refractivity contribution in [3.05, 3.63) is 67.9 Å². The Balaban J connectivity index is 1.51. The van der Waals surface area contributed by atoms with Crippen LogP contribution in [0.3, 0.4) is 0 Å². The summed E-state index contributed by atoms with van der Waals surface area (Å²) in [5, 5.41) is 23.5. The average molecular weight is 448 g/mol. The van der Waals surface area contributed by atoms with Gasteiger partial charge in [0, 0.05) is 18.7 Å². The summed E-state index contributed by atoms with van der Waals surface area (Å²) in [6.07, 6.45) is 0. The molecule has 2 heterocycles. The van der Waals surface area contributed by atoms with Crippen molar-refractivity contribution in [3.63, 3.8) is 0 Å². The van der Waals surface area contributed by atoms with Gasteiger partial charge < -0.3 is 25.3 Å². The first-order chi connectivity index (χ1) is 14.8. The predicted molar refractivity (Wildman–Crippen MR) is 108 cm³/mol. The number of hydrogen-bond acceptors (Lipinski definition) is 8. The standard InChI is InChI=1S/C18H18ClN7O5/c1-10-4-3-5-12(8-10)16(27)20-6-7-21-17(28)18-22-13(24-31-18)9-25-11(2)14(19)15(23-25)26(29)30/h3-5,8H,6-7,9H2,1-2H3,(H,20,27)(H,21,28). The van der Waals surface area contributed by atoms with Crippen LogP contribution in [0.15, 0.2) is 28.8 Å². The first-order valence-electron chi connectivity index (χ1n) is 9.09. The topological polar surface area (TPSA) is 158 Å². The number of carbonyl (C=O) groups is 2. The van der Waals surface area contributed by atoms with Gasteiger partial charge in [0.05, 0.1) is 10.8 Å². The van der Waals surface area contributed by atoms with Crippen LogP contribution in [0.1, 0.15) is 38.1 Å². The van der Waals surface area contributed by atoms with Crippen molar-refractivity contribution in [3.8, 4) is 0 Å². The molecule has 0 spiro atoms. The molecule has 0 fully saturated rings. The smallest absolute Gasteiger partial charge is 0.358 e. The van der Waals surface area contributed by atoms with E-state index < -0.39 is 16.6 Å². The number of nitrogens with zero attached hydrogens (tertiary/aromatic N) is 5. The monoisotopic (exact) mass is 447 g/mol. The lowest BCUT2D eigenvalue weighted by Crippen LogP contribution is -2.34. The maximum Gasteiger partial charge on any atom is 0.408 e. The van der Waals surface area contributed by atoms with Crippen molar-refractivity contribution in [2.45, 2.75) is 20.4 Å². The summed E-state index contributed by atoms with van der Waals surface area (Å²) in [6, 6.07) is 7.14. The van der Waals surface area contributed by atoms with Crippen LogP contribution in [0.4, 0.5) is 5.82 Å². The fraction of sp³-hybridized carbons (Fsp3) is 0.278. The second-order valence-corrected chi connectivity index (χ2v) is 6.91. The van der Waals surface area contributed by atoms with Crippen molar-refractivity contribution in [2.24, 2.45) is 0 Å². The van der Waals surface area contributed by atoms with Gasteiger partial charge in [0.25, 0.3) is 5.91 Å². The SMILES string of the molecule is Cc1cccc(C(=O)NCCNC(=O)c2nc(Cn3nc([N+](=O)[O-])c(Cl)c3C)no2)c1. The molecule has 0 saturated carbocycles. The van der Waals surface area contributed by atoms with Gasteiger partial charge in [-0.1, -0.05) is 34.5 Å². The Bertz CT molecular complexity index is 1140. The van der Waals surface area contributed by atoms with Crippen LogP contribution in [0.5, 0.6) is 0 Å². The number of hydrogen-bond donors (Lipinski definition) is 2. The molecule has 162 valence electrons. The Labute approximate surface area is 180 Å². The minimum absolute atomic E-state index is 0.0667. The van der Waals surface area contributed by atoms with E-state index in [2.05, 4.69) is 25.9 Å². The summed E-state index contributed by atoms with van der Waals surface area (Å²) in [5.41, 5.74) is 1.85. The number of rotatable bonds is 8. The molecule has 0 bridgehead atoms. The van der Waals surface area contributed by atoms with Crippen molar-refractivity contribution in [1.29, 1.82) is 0 Å². The summed E-state index contributed by atoms with van der Waals surface area (Å²) >= 11 is 5.89. The number of benzene rings is 1. The van der Waals surface area contributed by atoms with E-state index in [0.29, 0.717) is 11.3 Å². The Kier molecular flexibility index (Phi) is 6.60. The molecule has 0 atom stereocenters. The Morgan fingerprint density at radius 3 is 2.58 bits per heavy atom. The van der Waals surface area contributed by atoms with Crippen LogP contribution in [-0.2, 0) is 6.54 Å². The van der Waals surface area contributed by atoms with Crippen LogP contribution in [0.2, 0.25) is 5.02 Å². The summed E-state index contributed by atoms with van der Waals surface area (Å²) in [5.74, 6) is -1.54. The van der Waals surface area contributed by atoms with Gasteiger partial charge in [0.1, 0.15) is 6.54 Å². The number of nitrogens with one attached hydrogen (secondary N) is 2. The third-order valence-corrected chi connectivity index (χ3v) is 4.66. The molecule has 2 N–H and O–H groups in total. The first kappa shape index (κ1) is 21.9. The van der Waals surface area contributed by atoms with Crippen LogP contribution in [0.25, 0.3) is 0 Å². The second kappa shape index (κ2) is 9.34. The van der Waals surface area contributed by atoms with E-state index in [1.807, 2.05) is 13.0 Å². The molecule has 2 amide bonds. The molecular formula is C18H18ClN7O5. The highest BCUT2D eigenvalue weighted by molar-refractivity contribution is 6.33. The Morgan fingerprint density at radius 1 is 1.23 bits per heavy atom. The van der Waals surface area contributed by atoms with Crippen molar-refractivity contribution >= 4 is 29.2 Å². The highest BCUT2D eigenvalue weighted by atomic mass is 35.5. The fourth-order valence-corrected chi connectivity index (χ4v) is 2.84. The van der Waals surface area contributed by atoms with Crippen LogP contribution in [0, 0.1) is 24.0 Å². The fourth-order valence-electron chi connectivity index (χ4n) is 2.64. The highest BCUT2D eigenvalue weighted by Gasteiger charge is 2.25. The third-order valence-electron chi connectivity index (χ3n) is 4.22. The van der Waals surface area contributed by atoms with Crippen molar-refractivity contribution in [2.75, 3.05) is 13.1 Å². The van der Waals surface area contributed by atoms with Gasteiger partial charge in [-0.2, -0.15) is 9.67 Å². The predicted octanol–water partition coefficient (Wildman–Crippen LogP) is 1.65. The largest absolute Gasteiger partial charge is 0.408 e. The average Bonchev–Trinajstić information content (AvgIpc) is 3.31. The van der Waals surface area contributed by atoms with E-state index in [1.54, 1.807) is 25.1 Å². The van der Waals surface area contributed by atoms with Gasteiger partial charge in [-0.25, -0.2) is 0 Å². The van der Waals surface area contributed by atoms with Crippen molar-refractivity contribution < 1.29 is 19.0 Å². The lowest BCUT2D eigenvalue weighted by Gasteiger charge is -2.06. The number of nitro groups is 1. The van der Waals surface area contributed by atoms with Gasteiger partial charge >= 0.3 is 17.6 Å². The summed E-state index contributed by atoms with van der Waals surface area (Å²) in [4.78, 5) is 38.4. The molecule has 0 radical (unpaired) electrons. The molecule has 12 nitrogen and oxygen atoms in total. The van der Waals surface area contributed by atoms with E-state index in [-0.39, 0.29) is 42.3 Å². The minimum atomic E-state index is -0.696. The van der Waals surface area contributed by atoms with Crippen LogP contribution < -0.4 is 10.6 Å². The zero-order chi connectivity index (χ0) is 22.5. The molecule has 1 aromatic carbocycles. The molecule has 0 saturated heterocycles. The highest BCUT2D eigenvalue weighted by Crippen LogP contribution is 2.26. The van der Waals surface area contributed by atoms with Gasteiger partial charge in [-0.3, -0.25) is 9.59 Å². The first-order valence-corrected chi connectivity index (χ1v) is 9.47. The van der Waals surface area contributed by atoms with Crippen LogP contribution in [-0.4, -0.2) is 49.7 Å². The van der Waals surface area contributed by atoms with E-state index in [4.69, 9.17) is 16.1 Å². The second-order valence-electron chi connectivity index (χ2n) is 6.53. The molecular weight excluding hydrogens is 430 g/mol. The number of aryl methyl sites for hydroxylation is 1. The number of amides is 2. The summed E-state index contributed by atoms with van der Waals surface area (Å²) in [6.45, 7) is 3.73. The Morgan fingerprint density at radius 2 is 1.94 bits per heavy atom. The van der Waals surface area contributed by atoms with Gasteiger partial charge in [-0.05, 0) is 30.9 Å². The van der Waals surface area contributed by atoms with E-state index in [1.165, 1.54) is 4.68 Å². The van der Waals surface area contributed by atoms with Gasteiger partial charge in [0.2, 0.25) is 0 Å². The van der Waals surface area contributed by atoms with Gasteiger partial charge in [0.15, 0.2) is 10.8 Å². The zero-order valence-electron chi connectivity index (χ0n) is 16.6. The molecule has 0 unspecified atom stereocenters. The molecule has 0 aliphatic carbocycles. The molecule has 0 aliphatic heterocycles. The number of halogens is 1. The minimum Gasteiger partial charge on any atom is -0.358 e. The van der Waals surface area contributed by atoms with Gasteiger partial charge in [-0.15, -0.1) is 0 Å². The zero-order valence-corrected chi connectivity index (χ0v) is 17.3. The van der Waals surface area contributed by atoms with Crippen LogP contribution >= 0.6 is 11.6 Å². The molecule has 31 heavy (non-hydrogen) atoms. The summed E-state index contributed by atoms with van der Waals surface area (Å²) < 4.78 is 6.16. The number of carbonyl (C=O) groups excluding carboxylic acids is 2. The lowest BCUT2D eigenvalue weighted by atomic mass is 10.1. The maximum atomic E-state index is 12.1. The Hall–Kier alpha value is -3.80.